The maximum Gasteiger partial charge on any atom is 0.261 e. The average molecular weight is 546 g/mol. The van der Waals surface area contributed by atoms with Gasteiger partial charge in [-0.15, -0.1) is 11.3 Å². The Morgan fingerprint density at radius 2 is 1.73 bits per heavy atom. The second kappa shape index (κ2) is 12.2. The number of hydrogen-bond acceptors (Lipinski definition) is 6. The van der Waals surface area contributed by atoms with Crippen LogP contribution in [0.1, 0.15) is 49.8 Å². The van der Waals surface area contributed by atoms with E-state index in [9.17, 15) is 9.59 Å². The van der Waals surface area contributed by atoms with Gasteiger partial charge in [-0.3, -0.25) is 9.59 Å². The Hall–Kier alpha value is -5.00. The van der Waals surface area contributed by atoms with Gasteiger partial charge in [0, 0.05) is 29.2 Å². The van der Waals surface area contributed by atoms with Gasteiger partial charge in [-0.1, -0.05) is 54.6 Å². The van der Waals surface area contributed by atoms with Crippen LogP contribution in [-0.2, 0) is 6.54 Å². The van der Waals surface area contributed by atoms with Gasteiger partial charge < -0.3 is 15.2 Å². The second-order valence-corrected chi connectivity index (χ2v) is 10.2. The quantitative estimate of drug-likeness (QED) is 0.200. The van der Waals surface area contributed by atoms with Crippen molar-refractivity contribution < 1.29 is 9.59 Å². The first-order valence-corrected chi connectivity index (χ1v) is 13.7. The van der Waals surface area contributed by atoms with Crippen molar-refractivity contribution in [3.05, 3.63) is 131 Å². The number of benzene rings is 3. The van der Waals surface area contributed by atoms with E-state index >= 15 is 0 Å². The number of imidazole rings is 1. The molecule has 5 aromatic rings. The summed E-state index contributed by atoms with van der Waals surface area (Å²) in [7, 11) is 0. The number of Topliss-reactive ketones (excluding diaryl/α,β-unsaturated/α-hetero) is 1. The standard InChI is InChI=1S/C32H27N5O2S/c1-2-35-32(39)29-17-16-28(40-29)24-12-14-26(15-13-24)36-30(31(38)25-6-4-3-5-7-25)27-19-34-21-37(27)20-23-10-8-22(18-33)9-11-23/h3-17,19,21,30,36H,2,20H2,1H3,(H,35,39). The van der Waals surface area contributed by atoms with E-state index in [4.69, 9.17) is 5.26 Å². The van der Waals surface area contributed by atoms with E-state index in [2.05, 4.69) is 21.7 Å². The number of nitriles is 1. The molecule has 0 aliphatic carbocycles. The van der Waals surface area contributed by atoms with Gasteiger partial charge in [0.2, 0.25) is 0 Å². The van der Waals surface area contributed by atoms with Crippen molar-refractivity contribution in [3.8, 4) is 16.5 Å². The number of amides is 1. The first-order chi connectivity index (χ1) is 19.6. The van der Waals surface area contributed by atoms with Crippen molar-refractivity contribution >= 4 is 28.7 Å². The number of ketones is 1. The highest BCUT2D eigenvalue weighted by atomic mass is 32.1. The zero-order valence-corrected chi connectivity index (χ0v) is 22.7. The summed E-state index contributed by atoms with van der Waals surface area (Å²) >= 11 is 1.44. The number of rotatable bonds is 10. The molecule has 1 unspecified atom stereocenters. The molecule has 1 amide bonds. The predicted octanol–water partition coefficient (Wildman–Crippen LogP) is 6.32. The normalized spacial score (nSPS) is 11.4. The predicted molar refractivity (Wildman–Crippen MR) is 157 cm³/mol. The van der Waals surface area contributed by atoms with E-state index in [-0.39, 0.29) is 11.7 Å². The lowest BCUT2D eigenvalue weighted by Crippen LogP contribution is -2.24. The van der Waals surface area contributed by atoms with E-state index in [1.165, 1.54) is 11.3 Å². The zero-order valence-electron chi connectivity index (χ0n) is 21.9. The minimum atomic E-state index is -0.680. The van der Waals surface area contributed by atoms with Gasteiger partial charge in [0.25, 0.3) is 5.91 Å². The average Bonchev–Trinajstić information content (AvgIpc) is 3.67. The topological polar surface area (TPSA) is 99.8 Å². The molecular weight excluding hydrogens is 518 g/mol. The van der Waals surface area contributed by atoms with Gasteiger partial charge in [-0.2, -0.15) is 5.26 Å². The molecule has 5 rings (SSSR count). The minimum absolute atomic E-state index is 0.0723. The number of hydrogen-bond donors (Lipinski definition) is 2. The Morgan fingerprint density at radius 3 is 2.42 bits per heavy atom. The molecule has 1 atom stereocenters. The Balaban J connectivity index is 1.41. The first kappa shape index (κ1) is 26.6. The Labute approximate surface area is 236 Å². The molecule has 0 fully saturated rings. The lowest BCUT2D eigenvalue weighted by Gasteiger charge is -2.21. The molecule has 2 heterocycles. The molecule has 8 heteroatoms. The van der Waals surface area contributed by atoms with Crippen LogP contribution < -0.4 is 10.6 Å². The third kappa shape index (κ3) is 6.01. The Kier molecular flexibility index (Phi) is 8.14. The van der Waals surface area contributed by atoms with Gasteiger partial charge in [0.15, 0.2) is 5.78 Å². The van der Waals surface area contributed by atoms with Crippen LogP contribution in [-0.4, -0.2) is 27.8 Å². The lowest BCUT2D eigenvalue weighted by atomic mass is 10.0. The molecule has 0 saturated carbocycles. The van der Waals surface area contributed by atoms with Crippen molar-refractivity contribution in [2.75, 3.05) is 11.9 Å². The Bertz CT molecular complexity index is 1650. The van der Waals surface area contributed by atoms with Crippen LogP contribution in [0.15, 0.2) is 104 Å². The summed E-state index contributed by atoms with van der Waals surface area (Å²) in [5.74, 6) is -0.145. The number of nitrogens with one attached hydrogen (secondary N) is 2. The van der Waals surface area contributed by atoms with Crippen LogP contribution in [0, 0.1) is 11.3 Å². The van der Waals surface area contributed by atoms with Crippen molar-refractivity contribution in [1.29, 1.82) is 5.26 Å². The summed E-state index contributed by atoms with van der Waals surface area (Å²) in [5.41, 5.74) is 4.69. The molecule has 0 radical (unpaired) electrons. The monoisotopic (exact) mass is 545 g/mol. The highest BCUT2D eigenvalue weighted by Crippen LogP contribution is 2.31. The molecule has 40 heavy (non-hydrogen) atoms. The van der Waals surface area contributed by atoms with E-state index in [0.717, 1.165) is 27.4 Å². The van der Waals surface area contributed by atoms with Gasteiger partial charge in [0.05, 0.1) is 34.7 Å². The largest absolute Gasteiger partial charge is 0.370 e. The number of thiophene rings is 1. The first-order valence-electron chi connectivity index (χ1n) is 12.9. The maximum absolute atomic E-state index is 13.8. The molecule has 0 saturated heterocycles. The highest BCUT2D eigenvalue weighted by Gasteiger charge is 2.25. The minimum Gasteiger partial charge on any atom is -0.370 e. The van der Waals surface area contributed by atoms with Crippen LogP contribution in [0.5, 0.6) is 0 Å². The molecule has 0 bridgehead atoms. The van der Waals surface area contributed by atoms with E-state index in [1.54, 1.807) is 24.7 Å². The zero-order chi connectivity index (χ0) is 27.9. The number of anilines is 1. The molecule has 3 aromatic carbocycles. The lowest BCUT2D eigenvalue weighted by molar-refractivity contribution is 0.0954. The molecule has 0 aliphatic heterocycles. The molecule has 2 N–H and O–H groups in total. The summed E-state index contributed by atoms with van der Waals surface area (Å²) in [6.07, 6.45) is 3.43. The van der Waals surface area contributed by atoms with Crippen LogP contribution in [0.2, 0.25) is 0 Å². The van der Waals surface area contributed by atoms with Crippen LogP contribution in [0.4, 0.5) is 5.69 Å². The second-order valence-electron chi connectivity index (χ2n) is 9.16. The smallest absolute Gasteiger partial charge is 0.261 e. The highest BCUT2D eigenvalue weighted by molar-refractivity contribution is 7.17. The summed E-state index contributed by atoms with van der Waals surface area (Å²) in [6.45, 7) is 2.99. The third-order valence-corrected chi connectivity index (χ3v) is 7.58. The fourth-order valence-corrected chi connectivity index (χ4v) is 5.32. The van der Waals surface area contributed by atoms with E-state index in [1.807, 2.05) is 90.4 Å². The number of carbonyl (C=O) groups excluding carboxylic acids is 2. The van der Waals surface area contributed by atoms with Crippen molar-refractivity contribution in [2.24, 2.45) is 0 Å². The van der Waals surface area contributed by atoms with Gasteiger partial charge in [-0.25, -0.2) is 4.98 Å². The molecule has 0 spiro atoms. The van der Waals surface area contributed by atoms with Gasteiger partial charge in [0.1, 0.15) is 6.04 Å². The number of carbonyl (C=O) groups is 2. The third-order valence-electron chi connectivity index (χ3n) is 6.44. The number of aromatic nitrogens is 2. The number of nitrogens with zero attached hydrogens (tertiary/aromatic N) is 3. The Morgan fingerprint density at radius 1 is 0.975 bits per heavy atom. The molecule has 0 aliphatic rings. The molecule has 198 valence electrons. The van der Waals surface area contributed by atoms with Crippen LogP contribution in [0.25, 0.3) is 10.4 Å². The van der Waals surface area contributed by atoms with Crippen LogP contribution in [0.3, 0.4) is 0 Å². The fraction of sp³-hybridized carbons (Fsp3) is 0.125. The summed E-state index contributed by atoms with van der Waals surface area (Å²) < 4.78 is 1.95. The van der Waals surface area contributed by atoms with Crippen molar-refractivity contribution in [2.45, 2.75) is 19.5 Å². The van der Waals surface area contributed by atoms with E-state index in [0.29, 0.717) is 29.1 Å². The summed E-state index contributed by atoms with van der Waals surface area (Å²) in [5, 5.41) is 15.4. The van der Waals surface area contributed by atoms with E-state index < -0.39 is 6.04 Å². The van der Waals surface area contributed by atoms with Gasteiger partial charge >= 0.3 is 0 Å². The molecule has 7 nitrogen and oxygen atoms in total. The van der Waals surface area contributed by atoms with Crippen molar-refractivity contribution in [1.82, 2.24) is 14.9 Å². The fourth-order valence-electron chi connectivity index (χ4n) is 4.39. The molecule has 2 aromatic heterocycles. The SMILES string of the molecule is CCNC(=O)c1ccc(-c2ccc(NC(C(=O)c3ccccc3)c3cncn3Cc3ccc(C#N)cc3)cc2)s1. The van der Waals surface area contributed by atoms with Gasteiger partial charge in [-0.05, 0) is 54.4 Å². The summed E-state index contributed by atoms with van der Waals surface area (Å²) in [6, 6.07) is 29.7. The van der Waals surface area contributed by atoms with Crippen LogP contribution >= 0.6 is 11.3 Å². The van der Waals surface area contributed by atoms with Crippen molar-refractivity contribution in [3.63, 3.8) is 0 Å². The summed E-state index contributed by atoms with van der Waals surface area (Å²) in [4.78, 5) is 32.0. The maximum atomic E-state index is 13.8. The molecular formula is C32H27N5O2S.